The van der Waals surface area contributed by atoms with Gasteiger partial charge in [-0.3, -0.25) is 0 Å². The minimum Gasteiger partial charge on any atom is -0.389 e. The predicted octanol–water partition coefficient (Wildman–Crippen LogP) is 3.77. The van der Waals surface area contributed by atoms with Crippen LogP contribution in [0.4, 0.5) is 11.5 Å². The average molecular weight is 298 g/mol. The van der Waals surface area contributed by atoms with Crippen molar-refractivity contribution >= 4 is 51.9 Å². The maximum absolute atomic E-state index is 6.09. The Bertz CT molecular complexity index is 602. The van der Waals surface area contributed by atoms with E-state index in [4.69, 9.17) is 41.2 Å². The molecule has 0 saturated carbocycles. The number of thiocarbonyl (C=S) groups is 1. The molecule has 0 aliphatic rings. The summed E-state index contributed by atoms with van der Waals surface area (Å²) in [4.78, 5) is 4.45. The number of nitrogens with one attached hydrogen (secondary N) is 1. The largest absolute Gasteiger partial charge is 0.389 e. The Morgan fingerprint density at radius 3 is 2.72 bits per heavy atom. The minimum atomic E-state index is 0.267. The first-order valence-electron chi connectivity index (χ1n) is 5.05. The molecule has 2 aromatic rings. The van der Waals surface area contributed by atoms with Crippen molar-refractivity contribution in [1.29, 1.82) is 0 Å². The van der Waals surface area contributed by atoms with Crippen molar-refractivity contribution in [2.24, 2.45) is 5.73 Å². The molecule has 0 bridgehead atoms. The normalized spacial score (nSPS) is 10.1. The maximum atomic E-state index is 6.09. The van der Waals surface area contributed by atoms with E-state index in [1.54, 1.807) is 36.5 Å². The smallest absolute Gasteiger partial charge is 0.140 e. The zero-order valence-corrected chi connectivity index (χ0v) is 11.5. The van der Waals surface area contributed by atoms with Crippen molar-refractivity contribution in [3.05, 3.63) is 52.1 Å². The molecular weight excluding hydrogens is 289 g/mol. The Morgan fingerprint density at radius 2 is 2.00 bits per heavy atom. The molecule has 1 aromatic heterocycles. The molecule has 1 heterocycles. The van der Waals surface area contributed by atoms with Gasteiger partial charge in [0.1, 0.15) is 10.8 Å². The lowest BCUT2D eigenvalue weighted by molar-refractivity contribution is 1.30. The van der Waals surface area contributed by atoms with Crippen LogP contribution in [0.1, 0.15) is 5.56 Å². The second-order valence-corrected chi connectivity index (χ2v) is 4.72. The number of aromatic nitrogens is 1. The van der Waals surface area contributed by atoms with E-state index < -0.39 is 0 Å². The molecule has 0 saturated heterocycles. The quantitative estimate of drug-likeness (QED) is 0.847. The number of nitrogens with two attached hydrogens (primary N) is 1. The number of hydrogen-bond donors (Lipinski definition) is 2. The molecule has 0 aliphatic heterocycles. The molecule has 3 N–H and O–H groups in total. The van der Waals surface area contributed by atoms with Gasteiger partial charge < -0.3 is 11.1 Å². The fourth-order valence-corrected chi connectivity index (χ4v) is 1.94. The molecule has 0 radical (unpaired) electrons. The third-order valence-electron chi connectivity index (χ3n) is 2.28. The monoisotopic (exact) mass is 297 g/mol. The van der Waals surface area contributed by atoms with Gasteiger partial charge in [0.15, 0.2) is 0 Å². The van der Waals surface area contributed by atoms with Crippen molar-refractivity contribution in [2.45, 2.75) is 0 Å². The average Bonchev–Trinajstić information content (AvgIpc) is 2.35. The number of halogens is 2. The summed E-state index contributed by atoms with van der Waals surface area (Å²) >= 11 is 17.0. The second-order valence-electron chi connectivity index (χ2n) is 3.49. The highest BCUT2D eigenvalue weighted by atomic mass is 35.5. The van der Waals surface area contributed by atoms with E-state index in [0.717, 1.165) is 0 Å². The first kappa shape index (κ1) is 13.1. The van der Waals surface area contributed by atoms with Gasteiger partial charge in [-0.1, -0.05) is 41.5 Å². The Balaban J connectivity index is 2.40. The predicted molar refractivity (Wildman–Crippen MR) is 79.9 cm³/mol. The van der Waals surface area contributed by atoms with Gasteiger partial charge in [0.2, 0.25) is 0 Å². The first-order chi connectivity index (χ1) is 8.59. The zero-order valence-electron chi connectivity index (χ0n) is 9.15. The zero-order chi connectivity index (χ0) is 13.1. The van der Waals surface area contributed by atoms with E-state index in [0.29, 0.717) is 27.1 Å². The third kappa shape index (κ3) is 2.72. The summed E-state index contributed by atoms with van der Waals surface area (Å²) in [6, 6.07) is 8.85. The molecule has 0 amide bonds. The van der Waals surface area contributed by atoms with Gasteiger partial charge in [-0.2, -0.15) is 0 Å². The van der Waals surface area contributed by atoms with Gasteiger partial charge in [0.25, 0.3) is 0 Å². The summed E-state index contributed by atoms with van der Waals surface area (Å²) in [5.41, 5.74) is 6.94. The molecule has 0 fully saturated rings. The highest BCUT2D eigenvalue weighted by Crippen LogP contribution is 2.31. The van der Waals surface area contributed by atoms with E-state index in [-0.39, 0.29) is 4.99 Å². The van der Waals surface area contributed by atoms with Crippen LogP contribution < -0.4 is 11.1 Å². The number of hydrogen-bond acceptors (Lipinski definition) is 3. The van der Waals surface area contributed by atoms with Crippen LogP contribution in [-0.2, 0) is 0 Å². The number of pyridine rings is 1. The molecule has 0 aliphatic carbocycles. The topological polar surface area (TPSA) is 50.9 Å². The lowest BCUT2D eigenvalue weighted by Crippen LogP contribution is -2.12. The van der Waals surface area contributed by atoms with Crippen LogP contribution in [-0.4, -0.2) is 9.97 Å². The maximum Gasteiger partial charge on any atom is 0.140 e. The Kier molecular flexibility index (Phi) is 4.01. The number of nitrogens with zero attached hydrogens (tertiary/aromatic N) is 1. The van der Waals surface area contributed by atoms with Crippen LogP contribution in [0.2, 0.25) is 10.0 Å². The van der Waals surface area contributed by atoms with Crippen molar-refractivity contribution in [2.75, 3.05) is 5.32 Å². The lowest BCUT2D eigenvalue weighted by Gasteiger charge is -2.11. The van der Waals surface area contributed by atoms with Crippen LogP contribution in [0.15, 0.2) is 36.5 Å². The van der Waals surface area contributed by atoms with Gasteiger partial charge in [0.05, 0.1) is 21.3 Å². The first-order valence-corrected chi connectivity index (χ1v) is 6.22. The van der Waals surface area contributed by atoms with Crippen molar-refractivity contribution in [3.8, 4) is 0 Å². The number of anilines is 2. The van der Waals surface area contributed by atoms with Gasteiger partial charge >= 0.3 is 0 Å². The summed E-state index contributed by atoms with van der Waals surface area (Å²) < 4.78 is 0. The van der Waals surface area contributed by atoms with E-state index >= 15 is 0 Å². The van der Waals surface area contributed by atoms with Crippen molar-refractivity contribution < 1.29 is 0 Å². The summed E-state index contributed by atoms with van der Waals surface area (Å²) in [6.07, 6.45) is 1.64. The van der Waals surface area contributed by atoms with E-state index in [2.05, 4.69) is 10.3 Å². The molecule has 0 spiro atoms. The Hall–Kier alpha value is -1.36. The molecule has 2 rings (SSSR count). The minimum absolute atomic E-state index is 0.267. The van der Waals surface area contributed by atoms with Crippen LogP contribution >= 0.6 is 35.4 Å². The van der Waals surface area contributed by atoms with Crippen LogP contribution in [0.5, 0.6) is 0 Å². The van der Waals surface area contributed by atoms with E-state index in [1.807, 2.05) is 0 Å². The van der Waals surface area contributed by atoms with Gasteiger partial charge in [0, 0.05) is 6.20 Å². The molecule has 1 aromatic carbocycles. The fourth-order valence-electron chi connectivity index (χ4n) is 1.43. The third-order valence-corrected chi connectivity index (χ3v) is 3.32. The van der Waals surface area contributed by atoms with Crippen molar-refractivity contribution in [1.82, 2.24) is 4.98 Å². The molecule has 0 atom stereocenters. The summed E-state index contributed by atoms with van der Waals surface area (Å²) in [6.45, 7) is 0. The molecule has 0 unspecified atom stereocenters. The lowest BCUT2D eigenvalue weighted by atomic mass is 10.2. The van der Waals surface area contributed by atoms with Crippen LogP contribution in [0.3, 0.4) is 0 Å². The molecular formula is C12H9Cl2N3S. The van der Waals surface area contributed by atoms with E-state index in [1.165, 1.54) is 0 Å². The van der Waals surface area contributed by atoms with E-state index in [9.17, 15) is 0 Å². The summed E-state index contributed by atoms with van der Waals surface area (Å²) in [5, 5.41) is 3.96. The van der Waals surface area contributed by atoms with Gasteiger partial charge in [-0.25, -0.2) is 4.98 Å². The van der Waals surface area contributed by atoms with Crippen LogP contribution in [0.25, 0.3) is 0 Å². The van der Waals surface area contributed by atoms with Crippen molar-refractivity contribution in [3.63, 3.8) is 0 Å². The molecule has 6 heteroatoms. The van der Waals surface area contributed by atoms with Gasteiger partial charge in [-0.15, -0.1) is 0 Å². The van der Waals surface area contributed by atoms with Gasteiger partial charge in [-0.05, 0) is 24.3 Å². The molecule has 18 heavy (non-hydrogen) atoms. The number of benzene rings is 1. The highest BCUT2D eigenvalue weighted by Gasteiger charge is 2.09. The highest BCUT2D eigenvalue weighted by molar-refractivity contribution is 7.80. The Morgan fingerprint density at radius 1 is 1.22 bits per heavy atom. The standard InChI is InChI=1S/C12H9Cl2N3S/c13-8-4-1-5-9(10(8)14)17-12-7(11(15)18)3-2-6-16-12/h1-6H,(H2,15,18)(H,16,17). The SMILES string of the molecule is NC(=S)c1cccnc1Nc1cccc(Cl)c1Cl. The number of rotatable bonds is 3. The Labute approximate surface area is 120 Å². The second kappa shape index (κ2) is 5.52. The molecule has 3 nitrogen and oxygen atoms in total. The molecule has 92 valence electrons. The summed E-state index contributed by atoms with van der Waals surface area (Å²) in [7, 11) is 0. The summed E-state index contributed by atoms with van der Waals surface area (Å²) in [5.74, 6) is 0.550. The van der Waals surface area contributed by atoms with Crippen LogP contribution in [0, 0.1) is 0 Å². The fraction of sp³-hybridized carbons (Fsp3) is 0.